The summed E-state index contributed by atoms with van der Waals surface area (Å²) in [6, 6.07) is 20.1. The van der Waals surface area contributed by atoms with Crippen molar-refractivity contribution in [3.8, 4) is 11.8 Å². The zero-order valence-electron chi connectivity index (χ0n) is 24.2. The van der Waals surface area contributed by atoms with Gasteiger partial charge in [-0.05, 0) is 96.5 Å². The van der Waals surface area contributed by atoms with Crippen LogP contribution in [0.4, 0.5) is 5.69 Å². The van der Waals surface area contributed by atoms with E-state index in [9.17, 15) is 9.90 Å². The Labute approximate surface area is 234 Å². The van der Waals surface area contributed by atoms with Gasteiger partial charge in [0.05, 0.1) is 0 Å². The van der Waals surface area contributed by atoms with E-state index in [0.717, 1.165) is 42.6 Å². The molecule has 0 spiro atoms. The van der Waals surface area contributed by atoms with Crippen molar-refractivity contribution in [3.63, 3.8) is 0 Å². The molecule has 0 aromatic heterocycles. The van der Waals surface area contributed by atoms with E-state index in [1.165, 1.54) is 22.3 Å². The lowest BCUT2D eigenvalue weighted by Gasteiger charge is -2.43. The molecule has 3 aromatic rings. The minimum Gasteiger partial charge on any atom is -0.384 e. The Bertz CT molecular complexity index is 1370. The molecule has 1 unspecified atom stereocenters. The maximum absolute atomic E-state index is 12.0. The molecule has 0 radical (unpaired) electrons. The highest BCUT2D eigenvalue weighted by Gasteiger charge is 2.39. The molecule has 0 bridgehead atoms. The fourth-order valence-corrected chi connectivity index (χ4v) is 5.41. The molecule has 1 aliphatic carbocycles. The Balaban J connectivity index is 1.62. The minimum atomic E-state index is -0.920. The highest BCUT2D eigenvalue weighted by atomic mass is 16.3. The number of hydrogen-bond acceptors (Lipinski definition) is 3. The van der Waals surface area contributed by atoms with Crippen LogP contribution in [0.25, 0.3) is 0 Å². The molecule has 204 valence electrons. The Morgan fingerprint density at radius 1 is 0.974 bits per heavy atom. The van der Waals surface area contributed by atoms with Gasteiger partial charge in [-0.1, -0.05) is 75.4 Å². The van der Waals surface area contributed by atoms with Gasteiger partial charge in [-0.2, -0.15) is 0 Å². The zero-order chi connectivity index (χ0) is 28.2. The maximum Gasteiger partial charge on any atom is 0.251 e. The Morgan fingerprint density at radius 2 is 1.64 bits per heavy atom. The van der Waals surface area contributed by atoms with Gasteiger partial charge >= 0.3 is 0 Å². The van der Waals surface area contributed by atoms with Crippen molar-refractivity contribution in [3.05, 3.63) is 99.6 Å². The number of anilines is 1. The second-order valence-corrected chi connectivity index (χ2v) is 12.0. The number of carbonyl (C=O) groups excluding carboxylic acids is 1. The summed E-state index contributed by atoms with van der Waals surface area (Å²) in [7, 11) is 0. The summed E-state index contributed by atoms with van der Waals surface area (Å²) in [5.41, 5.74) is 8.54. The third-order valence-electron chi connectivity index (χ3n) is 7.94. The second-order valence-electron chi connectivity index (χ2n) is 12.0. The van der Waals surface area contributed by atoms with E-state index < -0.39 is 6.10 Å². The van der Waals surface area contributed by atoms with E-state index in [-0.39, 0.29) is 16.7 Å². The van der Waals surface area contributed by atoms with Crippen LogP contribution >= 0.6 is 0 Å². The number of nitrogens with one attached hydrogen (secondary N) is 2. The van der Waals surface area contributed by atoms with Crippen molar-refractivity contribution in [2.75, 3.05) is 18.4 Å². The monoisotopic (exact) mass is 522 g/mol. The first-order chi connectivity index (χ1) is 18.5. The summed E-state index contributed by atoms with van der Waals surface area (Å²) in [6.07, 6.45) is 2.22. The molecule has 4 rings (SSSR count). The number of amides is 1. The van der Waals surface area contributed by atoms with Crippen molar-refractivity contribution in [1.82, 2.24) is 5.32 Å². The van der Waals surface area contributed by atoms with Gasteiger partial charge in [0.15, 0.2) is 0 Å². The van der Waals surface area contributed by atoms with Gasteiger partial charge in [-0.3, -0.25) is 4.79 Å². The van der Waals surface area contributed by atoms with Crippen molar-refractivity contribution >= 4 is 11.6 Å². The largest absolute Gasteiger partial charge is 0.384 e. The first-order valence-electron chi connectivity index (χ1n) is 14.1. The molecular weight excluding hydrogens is 480 g/mol. The second kappa shape index (κ2) is 11.7. The highest BCUT2D eigenvalue weighted by Crippen LogP contribution is 2.49. The lowest BCUT2D eigenvalue weighted by molar-refractivity contribution is 0.0956. The predicted molar refractivity (Wildman–Crippen MR) is 161 cm³/mol. The van der Waals surface area contributed by atoms with Crippen molar-refractivity contribution < 1.29 is 9.90 Å². The van der Waals surface area contributed by atoms with Crippen LogP contribution in [0, 0.1) is 18.8 Å². The summed E-state index contributed by atoms with van der Waals surface area (Å²) in [4.78, 5) is 12.0. The molecule has 1 atom stereocenters. The molecule has 39 heavy (non-hydrogen) atoms. The van der Waals surface area contributed by atoms with Gasteiger partial charge in [0.25, 0.3) is 5.91 Å². The first-order valence-corrected chi connectivity index (χ1v) is 14.1. The van der Waals surface area contributed by atoms with Crippen LogP contribution in [0.2, 0.25) is 0 Å². The number of aliphatic hydroxyl groups excluding tert-OH is 1. The number of fused-ring (bicyclic) bond motifs is 1. The molecule has 1 aliphatic rings. The average Bonchev–Trinajstić information content (AvgIpc) is 2.91. The summed E-state index contributed by atoms with van der Waals surface area (Å²) in [5, 5.41) is 17.7. The third kappa shape index (κ3) is 6.72. The molecule has 3 aromatic carbocycles. The van der Waals surface area contributed by atoms with Crippen molar-refractivity contribution in [2.24, 2.45) is 0 Å². The van der Waals surface area contributed by atoms with Gasteiger partial charge in [0.2, 0.25) is 0 Å². The lowest BCUT2D eigenvalue weighted by Crippen LogP contribution is -2.35. The molecule has 0 heterocycles. The smallest absolute Gasteiger partial charge is 0.251 e. The van der Waals surface area contributed by atoms with E-state index in [0.29, 0.717) is 12.1 Å². The molecule has 0 aliphatic heterocycles. The predicted octanol–water partition coefficient (Wildman–Crippen LogP) is 6.83. The van der Waals surface area contributed by atoms with E-state index in [1.54, 1.807) is 12.1 Å². The van der Waals surface area contributed by atoms with Crippen LogP contribution in [-0.2, 0) is 17.3 Å². The quantitative estimate of drug-likeness (QED) is 0.298. The molecule has 3 N–H and O–H groups in total. The summed E-state index contributed by atoms with van der Waals surface area (Å²) in [6.45, 7) is 14.7. The highest BCUT2D eigenvalue weighted by molar-refractivity contribution is 5.94. The van der Waals surface area contributed by atoms with Gasteiger partial charge < -0.3 is 15.7 Å². The molecule has 0 fully saturated rings. The zero-order valence-corrected chi connectivity index (χ0v) is 24.2. The summed E-state index contributed by atoms with van der Waals surface area (Å²) >= 11 is 0. The average molecular weight is 523 g/mol. The van der Waals surface area contributed by atoms with Crippen molar-refractivity contribution in [2.45, 2.75) is 77.7 Å². The van der Waals surface area contributed by atoms with Crippen LogP contribution in [0.5, 0.6) is 0 Å². The maximum atomic E-state index is 12.0. The van der Waals surface area contributed by atoms with E-state index in [1.807, 2.05) is 19.1 Å². The number of hydrogen-bond donors (Lipinski definition) is 3. The Morgan fingerprint density at radius 3 is 2.31 bits per heavy atom. The van der Waals surface area contributed by atoms with E-state index in [4.69, 9.17) is 0 Å². The number of carbonyl (C=O) groups is 1. The molecular formula is C35H42N2O2. The Hall–Kier alpha value is -3.55. The fraction of sp³-hybridized carbons (Fsp3) is 0.400. The van der Waals surface area contributed by atoms with Crippen molar-refractivity contribution in [1.29, 1.82) is 0 Å². The van der Waals surface area contributed by atoms with Gasteiger partial charge in [0.1, 0.15) is 6.10 Å². The molecule has 1 amide bonds. The lowest BCUT2D eigenvalue weighted by atomic mass is 9.62. The number of aryl methyl sites for hydroxylation is 1. The first kappa shape index (κ1) is 28.5. The molecule has 4 heteroatoms. The topological polar surface area (TPSA) is 61.4 Å². The van der Waals surface area contributed by atoms with Gasteiger partial charge in [0, 0.05) is 29.9 Å². The van der Waals surface area contributed by atoms with Crippen LogP contribution in [0.15, 0.2) is 60.7 Å². The molecule has 0 saturated carbocycles. The number of rotatable bonds is 7. The molecule has 4 nitrogen and oxygen atoms in total. The van der Waals surface area contributed by atoms with Crippen LogP contribution < -0.4 is 10.6 Å². The normalized spacial score (nSPS) is 15.9. The van der Waals surface area contributed by atoms with Gasteiger partial charge in [-0.15, -0.1) is 0 Å². The van der Waals surface area contributed by atoms with E-state index in [2.05, 4.69) is 93.5 Å². The van der Waals surface area contributed by atoms with Crippen LogP contribution in [0.3, 0.4) is 0 Å². The van der Waals surface area contributed by atoms with Crippen LogP contribution in [0.1, 0.15) is 97.3 Å². The van der Waals surface area contributed by atoms with Gasteiger partial charge in [-0.25, -0.2) is 0 Å². The molecule has 0 saturated heterocycles. The third-order valence-corrected chi connectivity index (χ3v) is 7.94. The SMILES string of the molecule is CCNC(=O)c1ccc(C#CC(O)c2cc(NCCc3ccc(C)cc3)c3c(c2)C(C)(C)CCC3(C)C)cc1. The van der Waals surface area contributed by atoms with Crippen LogP contribution in [-0.4, -0.2) is 24.1 Å². The Kier molecular flexibility index (Phi) is 8.52. The minimum absolute atomic E-state index is 0.0102. The summed E-state index contributed by atoms with van der Waals surface area (Å²) in [5.74, 6) is 6.03. The number of benzene rings is 3. The number of aliphatic hydroxyl groups is 1. The fourth-order valence-electron chi connectivity index (χ4n) is 5.41. The summed E-state index contributed by atoms with van der Waals surface area (Å²) < 4.78 is 0. The van der Waals surface area contributed by atoms with E-state index >= 15 is 0 Å². The standard InChI is InChI=1S/C35H42N2O2/c1-7-36-33(39)27-15-12-25(13-16-27)14-17-31(38)28-22-29-32(35(5,6)20-19-34(29,3)4)30(23-28)37-21-18-26-10-8-24(2)9-11-26/h8-13,15-16,22-23,31,37-38H,7,18-21H2,1-6H3,(H,36,39).